The third kappa shape index (κ3) is 4.74. The maximum absolute atomic E-state index is 12.7. The zero-order valence-corrected chi connectivity index (χ0v) is 17.9. The summed E-state index contributed by atoms with van der Waals surface area (Å²) in [6, 6.07) is 12.2. The molecule has 1 atom stereocenters. The van der Waals surface area contributed by atoms with Gasteiger partial charge in [-0.1, -0.05) is 30.3 Å². The molecule has 4 rings (SSSR count). The van der Waals surface area contributed by atoms with Crippen LogP contribution in [0.25, 0.3) is 0 Å². The van der Waals surface area contributed by atoms with Gasteiger partial charge in [0.25, 0.3) is 0 Å². The molecule has 32 heavy (non-hydrogen) atoms. The van der Waals surface area contributed by atoms with E-state index in [2.05, 4.69) is 5.32 Å². The van der Waals surface area contributed by atoms with Crippen LogP contribution in [-0.2, 0) is 9.59 Å². The van der Waals surface area contributed by atoms with Crippen LogP contribution in [0.5, 0.6) is 11.5 Å². The highest BCUT2D eigenvalue weighted by atomic mass is 16.7. The average molecular weight is 438 g/mol. The molecule has 0 aromatic heterocycles. The SMILES string of the molecule is CC(=O)c1cc2c(cc1NC(=O)CN1CCN(C(C(N)=O)c3ccccc3)CC1)OCO2. The number of hydrogen-bond acceptors (Lipinski definition) is 7. The quantitative estimate of drug-likeness (QED) is 0.628. The fourth-order valence-electron chi connectivity index (χ4n) is 4.10. The molecular formula is C23H26N4O5. The lowest BCUT2D eigenvalue weighted by atomic mass is 10.0. The maximum Gasteiger partial charge on any atom is 0.239 e. The van der Waals surface area contributed by atoms with Gasteiger partial charge in [-0.05, 0) is 18.6 Å². The Morgan fingerprint density at radius 3 is 2.31 bits per heavy atom. The van der Waals surface area contributed by atoms with Gasteiger partial charge in [-0.2, -0.15) is 0 Å². The number of Topliss-reactive ketones (excluding diaryl/α,β-unsaturated/α-hetero) is 1. The molecule has 2 aromatic rings. The van der Waals surface area contributed by atoms with E-state index in [4.69, 9.17) is 15.2 Å². The number of carbonyl (C=O) groups excluding carboxylic acids is 3. The van der Waals surface area contributed by atoms with Gasteiger partial charge >= 0.3 is 0 Å². The van der Waals surface area contributed by atoms with E-state index in [0.717, 1.165) is 5.56 Å². The molecule has 168 valence electrons. The molecule has 1 saturated heterocycles. The van der Waals surface area contributed by atoms with Gasteiger partial charge in [0.15, 0.2) is 17.3 Å². The summed E-state index contributed by atoms with van der Waals surface area (Å²) in [7, 11) is 0. The van der Waals surface area contributed by atoms with Crippen molar-refractivity contribution in [2.45, 2.75) is 13.0 Å². The summed E-state index contributed by atoms with van der Waals surface area (Å²) in [6.07, 6.45) is 0. The Labute approximate surface area is 186 Å². The number of nitrogens with zero attached hydrogens (tertiary/aromatic N) is 2. The average Bonchev–Trinajstić information content (AvgIpc) is 3.22. The number of ether oxygens (including phenoxy) is 2. The van der Waals surface area contributed by atoms with Crippen LogP contribution in [0.3, 0.4) is 0 Å². The summed E-state index contributed by atoms with van der Waals surface area (Å²) in [5.41, 5.74) is 7.32. The highest BCUT2D eigenvalue weighted by Crippen LogP contribution is 2.37. The normalized spacial score (nSPS) is 17.0. The number of carbonyl (C=O) groups is 3. The van der Waals surface area contributed by atoms with Crippen molar-refractivity contribution in [2.75, 3.05) is 44.8 Å². The number of nitrogens with two attached hydrogens (primary N) is 1. The van der Waals surface area contributed by atoms with Gasteiger partial charge < -0.3 is 20.5 Å². The number of ketones is 1. The standard InChI is InChI=1S/C23H26N4O5/c1-15(28)17-11-19-20(32-14-31-19)12-18(17)25-21(29)13-26-7-9-27(10-8-26)22(23(24)30)16-5-3-2-4-6-16/h2-6,11-12,22H,7-10,13-14H2,1H3,(H2,24,30)(H,25,29). The third-order valence-corrected chi connectivity index (χ3v) is 5.69. The number of anilines is 1. The Morgan fingerprint density at radius 1 is 1.03 bits per heavy atom. The summed E-state index contributed by atoms with van der Waals surface area (Å²) >= 11 is 0. The van der Waals surface area contributed by atoms with Crippen molar-refractivity contribution in [1.29, 1.82) is 0 Å². The second kappa shape index (κ2) is 9.37. The number of benzene rings is 2. The first kappa shape index (κ1) is 21.8. The first-order valence-electron chi connectivity index (χ1n) is 10.5. The van der Waals surface area contributed by atoms with Crippen LogP contribution < -0.4 is 20.5 Å². The molecule has 9 heteroatoms. The molecule has 0 spiro atoms. The van der Waals surface area contributed by atoms with Crippen molar-refractivity contribution < 1.29 is 23.9 Å². The molecular weight excluding hydrogens is 412 g/mol. The van der Waals surface area contributed by atoms with Gasteiger partial charge in [-0.15, -0.1) is 0 Å². The van der Waals surface area contributed by atoms with E-state index in [9.17, 15) is 14.4 Å². The highest BCUT2D eigenvalue weighted by molar-refractivity contribution is 6.05. The molecule has 0 radical (unpaired) electrons. The van der Waals surface area contributed by atoms with Gasteiger partial charge in [0.1, 0.15) is 6.04 Å². The van der Waals surface area contributed by atoms with E-state index >= 15 is 0 Å². The van der Waals surface area contributed by atoms with Crippen molar-refractivity contribution >= 4 is 23.3 Å². The molecule has 2 aliphatic rings. The van der Waals surface area contributed by atoms with E-state index in [0.29, 0.717) is 48.9 Å². The molecule has 0 aliphatic carbocycles. The molecule has 0 bridgehead atoms. The van der Waals surface area contributed by atoms with Crippen molar-refractivity contribution in [1.82, 2.24) is 9.80 Å². The topological polar surface area (TPSA) is 114 Å². The molecule has 0 saturated carbocycles. The summed E-state index contributed by atoms with van der Waals surface area (Å²) in [4.78, 5) is 40.8. The van der Waals surface area contributed by atoms with Gasteiger partial charge in [0.2, 0.25) is 18.6 Å². The van der Waals surface area contributed by atoms with E-state index in [1.54, 1.807) is 12.1 Å². The number of nitrogens with one attached hydrogen (secondary N) is 1. The largest absolute Gasteiger partial charge is 0.454 e. The Bertz CT molecular complexity index is 1020. The Morgan fingerprint density at radius 2 is 1.69 bits per heavy atom. The summed E-state index contributed by atoms with van der Waals surface area (Å²) < 4.78 is 10.7. The van der Waals surface area contributed by atoms with Crippen molar-refractivity contribution in [3.05, 3.63) is 53.6 Å². The number of amides is 2. The van der Waals surface area contributed by atoms with E-state index in [1.807, 2.05) is 40.1 Å². The van der Waals surface area contributed by atoms with E-state index < -0.39 is 6.04 Å². The van der Waals surface area contributed by atoms with Gasteiger partial charge in [0.05, 0.1) is 12.2 Å². The second-order valence-electron chi connectivity index (χ2n) is 7.88. The van der Waals surface area contributed by atoms with Crippen LogP contribution in [-0.4, -0.2) is 66.9 Å². The van der Waals surface area contributed by atoms with Crippen LogP contribution in [0.15, 0.2) is 42.5 Å². The fraction of sp³-hybridized carbons (Fsp3) is 0.348. The first-order valence-corrected chi connectivity index (χ1v) is 10.5. The van der Waals surface area contributed by atoms with Gasteiger partial charge in [0, 0.05) is 37.8 Å². The van der Waals surface area contributed by atoms with E-state index in [1.165, 1.54) is 6.92 Å². The van der Waals surface area contributed by atoms with Crippen molar-refractivity contribution in [3.8, 4) is 11.5 Å². The minimum absolute atomic E-state index is 0.0869. The minimum Gasteiger partial charge on any atom is -0.454 e. The lowest BCUT2D eigenvalue weighted by molar-refractivity contribution is -0.125. The van der Waals surface area contributed by atoms with Gasteiger partial charge in [-0.25, -0.2) is 0 Å². The zero-order valence-electron chi connectivity index (χ0n) is 17.9. The lowest BCUT2D eigenvalue weighted by Gasteiger charge is -2.38. The Hall–Kier alpha value is -3.43. The maximum atomic E-state index is 12.7. The molecule has 1 fully saturated rings. The molecule has 2 amide bonds. The monoisotopic (exact) mass is 438 g/mol. The smallest absolute Gasteiger partial charge is 0.239 e. The van der Waals surface area contributed by atoms with Gasteiger partial charge in [-0.3, -0.25) is 24.2 Å². The fourth-order valence-corrected chi connectivity index (χ4v) is 4.10. The van der Waals surface area contributed by atoms with Crippen molar-refractivity contribution in [3.63, 3.8) is 0 Å². The van der Waals surface area contributed by atoms with Crippen LogP contribution in [0, 0.1) is 0 Å². The molecule has 9 nitrogen and oxygen atoms in total. The van der Waals surface area contributed by atoms with Crippen LogP contribution >= 0.6 is 0 Å². The predicted octanol–water partition coefficient (Wildman–Crippen LogP) is 1.40. The number of fused-ring (bicyclic) bond motifs is 1. The summed E-state index contributed by atoms with van der Waals surface area (Å²) in [5.74, 6) is 0.200. The summed E-state index contributed by atoms with van der Waals surface area (Å²) in [6.45, 7) is 4.15. The number of primary amides is 1. The number of hydrogen-bond donors (Lipinski definition) is 2. The van der Waals surface area contributed by atoms with E-state index in [-0.39, 0.29) is 30.9 Å². The molecule has 2 aliphatic heterocycles. The zero-order chi connectivity index (χ0) is 22.7. The number of rotatable bonds is 7. The molecule has 2 aromatic carbocycles. The van der Waals surface area contributed by atoms with Crippen LogP contribution in [0.2, 0.25) is 0 Å². The third-order valence-electron chi connectivity index (χ3n) is 5.69. The minimum atomic E-state index is -0.487. The lowest BCUT2D eigenvalue weighted by Crippen LogP contribution is -2.51. The molecule has 1 unspecified atom stereocenters. The van der Waals surface area contributed by atoms with Crippen LogP contribution in [0.1, 0.15) is 28.9 Å². The summed E-state index contributed by atoms with van der Waals surface area (Å²) in [5, 5.41) is 2.82. The van der Waals surface area contributed by atoms with Crippen molar-refractivity contribution in [2.24, 2.45) is 5.73 Å². The Kier molecular flexibility index (Phi) is 6.38. The van der Waals surface area contributed by atoms with Crippen LogP contribution in [0.4, 0.5) is 5.69 Å². The first-order chi connectivity index (χ1) is 15.4. The number of piperazine rings is 1. The predicted molar refractivity (Wildman–Crippen MR) is 118 cm³/mol. The molecule has 3 N–H and O–H groups in total. The molecule has 2 heterocycles. The second-order valence-corrected chi connectivity index (χ2v) is 7.88. The highest BCUT2D eigenvalue weighted by Gasteiger charge is 2.29. The Balaban J connectivity index is 1.36.